The zero-order chi connectivity index (χ0) is 25.0. The maximum atomic E-state index is 11.9. The quantitative estimate of drug-likeness (QED) is 0.0934. The first-order valence-electron chi connectivity index (χ1n) is 11.6. The van der Waals surface area contributed by atoms with Crippen molar-refractivity contribution in [1.29, 1.82) is 0 Å². The van der Waals surface area contributed by atoms with E-state index >= 15 is 0 Å². The first-order valence-corrected chi connectivity index (χ1v) is 13.1. The van der Waals surface area contributed by atoms with E-state index in [-0.39, 0.29) is 6.42 Å². The number of phosphoric acid groups is 1. The SMILES string of the molecule is CCCC/C=C\CCCCCCCC(=O)OC(CO)COP(=O)(O)OCC(CO)OC(C)=O. The third kappa shape index (κ3) is 19.9. The molecule has 11 heteroatoms. The third-order valence-electron chi connectivity index (χ3n) is 4.53. The lowest BCUT2D eigenvalue weighted by Gasteiger charge is -2.20. The van der Waals surface area contributed by atoms with Crippen LogP contribution in [0.2, 0.25) is 0 Å². The Morgan fingerprint density at radius 2 is 1.36 bits per heavy atom. The minimum atomic E-state index is -4.57. The number of rotatable bonds is 21. The van der Waals surface area contributed by atoms with E-state index in [0.29, 0.717) is 6.42 Å². The van der Waals surface area contributed by atoms with Crippen molar-refractivity contribution in [2.75, 3.05) is 26.4 Å². The molecule has 194 valence electrons. The first-order chi connectivity index (χ1) is 15.7. The number of aliphatic hydroxyl groups is 2. The molecule has 0 aromatic rings. The maximum Gasteiger partial charge on any atom is 0.472 e. The topological polar surface area (TPSA) is 149 Å². The lowest BCUT2D eigenvalue weighted by atomic mass is 10.1. The van der Waals surface area contributed by atoms with Gasteiger partial charge in [-0.25, -0.2) is 4.57 Å². The fourth-order valence-corrected chi connectivity index (χ4v) is 3.52. The zero-order valence-corrected chi connectivity index (χ0v) is 20.7. The Kier molecular flexibility index (Phi) is 19.3. The second-order valence-corrected chi connectivity index (χ2v) is 9.14. The molecule has 0 aliphatic heterocycles. The molecule has 0 bridgehead atoms. The number of unbranched alkanes of at least 4 members (excludes halogenated alkanes) is 7. The highest BCUT2D eigenvalue weighted by molar-refractivity contribution is 7.47. The number of allylic oxidation sites excluding steroid dienone is 2. The lowest BCUT2D eigenvalue weighted by molar-refractivity contribution is -0.153. The summed E-state index contributed by atoms with van der Waals surface area (Å²) in [6, 6.07) is 0. The van der Waals surface area contributed by atoms with Crippen LogP contribution in [0.4, 0.5) is 0 Å². The van der Waals surface area contributed by atoms with E-state index in [1.807, 2.05) is 0 Å². The third-order valence-corrected chi connectivity index (χ3v) is 5.48. The summed E-state index contributed by atoms with van der Waals surface area (Å²) in [6.07, 6.45) is 11.8. The molecule has 10 nitrogen and oxygen atoms in total. The van der Waals surface area contributed by atoms with E-state index in [0.717, 1.165) is 45.4 Å². The van der Waals surface area contributed by atoms with Crippen LogP contribution in [0.5, 0.6) is 0 Å². The molecule has 0 saturated carbocycles. The van der Waals surface area contributed by atoms with Gasteiger partial charge in [0.1, 0.15) is 12.2 Å². The van der Waals surface area contributed by atoms with Crippen LogP contribution in [0.3, 0.4) is 0 Å². The molecule has 33 heavy (non-hydrogen) atoms. The summed E-state index contributed by atoms with van der Waals surface area (Å²) in [5, 5.41) is 18.4. The molecule has 0 spiro atoms. The largest absolute Gasteiger partial charge is 0.472 e. The van der Waals surface area contributed by atoms with Gasteiger partial charge in [-0.3, -0.25) is 18.6 Å². The van der Waals surface area contributed by atoms with Gasteiger partial charge >= 0.3 is 19.8 Å². The Morgan fingerprint density at radius 3 is 1.91 bits per heavy atom. The summed E-state index contributed by atoms with van der Waals surface area (Å²) in [4.78, 5) is 32.4. The predicted octanol–water partition coefficient (Wildman–Crippen LogP) is 3.43. The number of carbonyl (C=O) groups is 2. The number of esters is 2. The van der Waals surface area contributed by atoms with Gasteiger partial charge < -0.3 is 24.6 Å². The average Bonchev–Trinajstić information content (AvgIpc) is 2.77. The smallest absolute Gasteiger partial charge is 0.458 e. The van der Waals surface area contributed by atoms with Crippen molar-refractivity contribution in [3.63, 3.8) is 0 Å². The predicted molar refractivity (Wildman–Crippen MR) is 122 cm³/mol. The molecule has 3 atom stereocenters. The number of aliphatic hydroxyl groups excluding tert-OH is 2. The highest BCUT2D eigenvalue weighted by Crippen LogP contribution is 2.43. The Labute approximate surface area is 196 Å². The molecule has 0 radical (unpaired) electrons. The monoisotopic (exact) mass is 496 g/mol. The molecule has 0 fully saturated rings. The van der Waals surface area contributed by atoms with E-state index in [1.54, 1.807) is 0 Å². The molecule has 0 heterocycles. The van der Waals surface area contributed by atoms with Crippen molar-refractivity contribution in [2.45, 2.75) is 90.3 Å². The first kappa shape index (κ1) is 31.7. The Balaban J connectivity index is 3.99. The summed E-state index contributed by atoms with van der Waals surface area (Å²) in [5.74, 6) is -1.21. The zero-order valence-electron chi connectivity index (χ0n) is 19.9. The van der Waals surface area contributed by atoms with Gasteiger partial charge in [0.15, 0.2) is 0 Å². The number of ether oxygens (including phenoxy) is 2. The molecule has 0 aromatic heterocycles. The number of carbonyl (C=O) groups excluding carboxylic acids is 2. The van der Waals surface area contributed by atoms with Crippen molar-refractivity contribution in [1.82, 2.24) is 0 Å². The van der Waals surface area contributed by atoms with Crippen molar-refractivity contribution >= 4 is 19.8 Å². The van der Waals surface area contributed by atoms with Crippen molar-refractivity contribution < 1.29 is 47.8 Å². The van der Waals surface area contributed by atoms with E-state index < -0.39 is 58.4 Å². The summed E-state index contributed by atoms with van der Waals surface area (Å²) >= 11 is 0. The summed E-state index contributed by atoms with van der Waals surface area (Å²) < 4.78 is 31.0. The molecule has 0 rings (SSSR count). The van der Waals surface area contributed by atoms with Crippen LogP contribution in [0.1, 0.15) is 78.1 Å². The van der Waals surface area contributed by atoms with Gasteiger partial charge in [-0.2, -0.15) is 0 Å². The summed E-state index contributed by atoms with van der Waals surface area (Å²) in [6.45, 7) is 0.973. The van der Waals surface area contributed by atoms with Gasteiger partial charge in [0.2, 0.25) is 0 Å². The van der Waals surface area contributed by atoms with Crippen LogP contribution in [-0.2, 0) is 32.7 Å². The van der Waals surface area contributed by atoms with E-state index in [2.05, 4.69) is 28.3 Å². The molecule has 3 unspecified atom stereocenters. The van der Waals surface area contributed by atoms with E-state index in [1.165, 1.54) is 12.8 Å². The molecule has 3 N–H and O–H groups in total. The second-order valence-electron chi connectivity index (χ2n) is 7.69. The normalized spacial score (nSPS) is 15.2. The van der Waals surface area contributed by atoms with Gasteiger partial charge in [0.05, 0.1) is 26.4 Å². The van der Waals surface area contributed by atoms with E-state index in [9.17, 15) is 24.2 Å². The molecular weight excluding hydrogens is 455 g/mol. The average molecular weight is 497 g/mol. The Hall–Kier alpha value is -1.29. The Bertz CT molecular complexity index is 596. The van der Waals surface area contributed by atoms with Crippen LogP contribution in [0, 0.1) is 0 Å². The van der Waals surface area contributed by atoms with Crippen LogP contribution >= 0.6 is 7.82 Å². The molecule has 0 amide bonds. The summed E-state index contributed by atoms with van der Waals surface area (Å²) in [7, 11) is -4.57. The minimum absolute atomic E-state index is 0.182. The fourth-order valence-electron chi connectivity index (χ4n) is 2.74. The van der Waals surface area contributed by atoms with Crippen LogP contribution in [0.15, 0.2) is 12.2 Å². The van der Waals surface area contributed by atoms with Gasteiger partial charge in [0, 0.05) is 13.3 Å². The lowest BCUT2D eigenvalue weighted by Crippen LogP contribution is -2.28. The number of phosphoric ester groups is 1. The van der Waals surface area contributed by atoms with Gasteiger partial charge in [-0.15, -0.1) is 0 Å². The standard InChI is InChI=1S/C22H41O10P/c1-3-4-5-6-7-8-9-10-11-12-13-14-22(26)32-21(16-24)18-30-33(27,28)29-17-20(15-23)31-19(2)25/h6-7,20-21,23-24H,3-5,8-18H2,1-2H3,(H,27,28)/b7-6-. The molecule has 0 aromatic carbocycles. The van der Waals surface area contributed by atoms with Crippen molar-refractivity contribution in [2.24, 2.45) is 0 Å². The molecule has 0 aliphatic carbocycles. The number of hydrogen-bond acceptors (Lipinski definition) is 9. The molecule has 0 aliphatic rings. The Morgan fingerprint density at radius 1 is 0.848 bits per heavy atom. The van der Waals surface area contributed by atoms with Crippen LogP contribution in [-0.4, -0.2) is 65.7 Å². The second kappa shape index (κ2) is 20.1. The van der Waals surface area contributed by atoms with Gasteiger partial charge in [-0.05, 0) is 25.7 Å². The fraction of sp³-hybridized carbons (Fsp3) is 0.818. The van der Waals surface area contributed by atoms with Crippen molar-refractivity contribution in [3.05, 3.63) is 12.2 Å². The highest BCUT2D eigenvalue weighted by Gasteiger charge is 2.27. The summed E-state index contributed by atoms with van der Waals surface area (Å²) in [5.41, 5.74) is 0. The van der Waals surface area contributed by atoms with Gasteiger partial charge in [0.25, 0.3) is 0 Å². The minimum Gasteiger partial charge on any atom is -0.458 e. The number of hydrogen-bond donors (Lipinski definition) is 3. The molecule has 0 saturated heterocycles. The van der Waals surface area contributed by atoms with Crippen LogP contribution in [0.25, 0.3) is 0 Å². The van der Waals surface area contributed by atoms with Gasteiger partial charge in [-0.1, -0.05) is 51.2 Å². The van der Waals surface area contributed by atoms with Crippen molar-refractivity contribution in [3.8, 4) is 0 Å². The maximum absolute atomic E-state index is 11.9. The molecular formula is C22H41O10P. The van der Waals surface area contributed by atoms with Crippen LogP contribution < -0.4 is 0 Å². The highest BCUT2D eigenvalue weighted by atomic mass is 31.2. The van der Waals surface area contributed by atoms with E-state index in [4.69, 9.17) is 14.4 Å².